The van der Waals surface area contributed by atoms with Crippen LogP contribution in [0, 0.1) is 5.92 Å². The van der Waals surface area contributed by atoms with E-state index in [1.54, 1.807) is 12.4 Å². The Morgan fingerprint density at radius 2 is 2.00 bits per heavy atom. The van der Waals surface area contributed by atoms with Gasteiger partial charge in [0.05, 0.1) is 6.54 Å². The van der Waals surface area contributed by atoms with E-state index in [0.717, 1.165) is 42.1 Å². The Balaban J connectivity index is 1.36. The van der Waals surface area contributed by atoms with Gasteiger partial charge in [0.2, 0.25) is 0 Å². The lowest BCUT2D eigenvalue weighted by Gasteiger charge is -2.45. The molecule has 25 heavy (non-hydrogen) atoms. The Kier molecular flexibility index (Phi) is 5.13. The van der Waals surface area contributed by atoms with Crippen LogP contribution in [0.25, 0.3) is 11.3 Å². The zero-order valence-electron chi connectivity index (χ0n) is 15.1. The molecule has 0 aliphatic carbocycles. The Bertz CT molecular complexity index is 669. The second-order valence-corrected chi connectivity index (χ2v) is 7.61. The average Bonchev–Trinajstić information content (AvgIpc) is 3.11. The highest BCUT2D eigenvalue weighted by Gasteiger charge is 2.33. The van der Waals surface area contributed by atoms with Crippen molar-refractivity contribution in [3.05, 3.63) is 36.4 Å². The minimum Gasteiger partial charge on any atom is -0.359 e. The van der Waals surface area contributed by atoms with Crippen molar-refractivity contribution in [2.24, 2.45) is 5.92 Å². The number of piperidine rings is 2. The fraction of sp³-hybridized carbons (Fsp3) is 0.600. The van der Waals surface area contributed by atoms with Crippen molar-refractivity contribution in [3.8, 4) is 11.3 Å². The number of hydrogen-bond donors (Lipinski definition) is 0. The van der Waals surface area contributed by atoms with Gasteiger partial charge in [-0.3, -0.25) is 9.88 Å². The fourth-order valence-corrected chi connectivity index (χ4v) is 4.57. The van der Waals surface area contributed by atoms with E-state index in [1.807, 2.05) is 12.1 Å². The number of fused-ring (bicyclic) bond motifs is 1. The van der Waals surface area contributed by atoms with Crippen LogP contribution in [0.3, 0.4) is 0 Å². The summed E-state index contributed by atoms with van der Waals surface area (Å²) < 4.78 is 5.56. The summed E-state index contributed by atoms with van der Waals surface area (Å²) in [4.78, 5) is 9.19. The smallest absolute Gasteiger partial charge is 0.151 e. The van der Waals surface area contributed by atoms with Gasteiger partial charge in [0.25, 0.3) is 0 Å². The Morgan fingerprint density at radius 3 is 2.88 bits per heavy atom. The molecule has 0 amide bonds. The molecule has 2 aromatic rings. The van der Waals surface area contributed by atoms with Crippen molar-refractivity contribution >= 4 is 0 Å². The van der Waals surface area contributed by atoms with E-state index in [2.05, 4.69) is 33.1 Å². The first-order valence-corrected chi connectivity index (χ1v) is 9.58. The van der Waals surface area contributed by atoms with E-state index in [-0.39, 0.29) is 0 Å². The van der Waals surface area contributed by atoms with Crippen molar-refractivity contribution < 1.29 is 4.52 Å². The van der Waals surface area contributed by atoms with Crippen LogP contribution in [0.4, 0.5) is 0 Å². The standard InChI is InChI=1S/C20H28N4O/c1-23(14-17-5-4-12-24-11-3-2-6-20(17)24)15-18-13-19(22-25-18)16-7-9-21-10-8-16/h7-10,13,17,20H,2-6,11-12,14-15H2,1H3/t17-,20+/m0/s1. The SMILES string of the molecule is CN(Cc1cc(-c2ccncc2)no1)C[C@@H]1CCCN2CCCC[C@H]12. The molecule has 0 radical (unpaired) electrons. The van der Waals surface area contributed by atoms with Crippen molar-refractivity contribution in [3.63, 3.8) is 0 Å². The summed E-state index contributed by atoms with van der Waals surface area (Å²) >= 11 is 0. The van der Waals surface area contributed by atoms with Crippen molar-refractivity contribution in [1.29, 1.82) is 0 Å². The maximum Gasteiger partial charge on any atom is 0.151 e. The van der Waals surface area contributed by atoms with Gasteiger partial charge in [-0.25, -0.2) is 0 Å². The lowest BCUT2D eigenvalue weighted by molar-refractivity contribution is 0.0423. The van der Waals surface area contributed by atoms with Crippen molar-refractivity contribution in [2.75, 3.05) is 26.7 Å². The van der Waals surface area contributed by atoms with Gasteiger partial charge in [-0.2, -0.15) is 0 Å². The second kappa shape index (κ2) is 7.67. The van der Waals surface area contributed by atoms with Gasteiger partial charge in [0.15, 0.2) is 5.76 Å². The van der Waals surface area contributed by atoms with Crippen LogP contribution in [0.1, 0.15) is 37.9 Å². The molecule has 2 fully saturated rings. The van der Waals surface area contributed by atoms with Crippen LogP contribution < -0.4 is 0 Å². The number of pyridine rings is 1. The largest absolute Gasteiger partial charge is 0.359 e. The summed E-state index contributed by atoms with van der Waals surface area (Å²) in [7, 11) is 2.20. The minimum atomic E-state index is 0.793. The highest BCUT2D eigenvalue weighted by atomic mass is 16.5. The zero-order valence-corrected chi connectivity index (χ0v) is 15.1. The van der Waals surface area contributed by atoms with Gasteiger partial charge in [-0.15, -0.1) is 0 Å². The van der Waals surface area contributed by atoms with Gasteiger partial charge in [0.1, 0.15) is 5.69 Å². The van der Waals surface area contributed by atoms with Crippen LogP contribution in [0.5, 0.6) is 0 Å². The molecule has 0 saturated carbocycles. The third-order valence-corrected chi connectivity index (χ3v) is 5.74. The number of nitrogens with zero attached hydrogens (tertiary/aromatic N) is 4. The number of aromatic nitrogens is 2. The summed E-state index contributed by atoms with van der Waals surface area (Å²) in [6.45, 7) is 4.58. The zero-order chi connectivity index (χ0) is 17.1. The van der Waals surface area contributed by atoms with E-state index in [1.165, 1.54) is 45.2 Å². The summed E-state index contributed by atoms with van der Waals surface area (Å²) in [6.07, 6.45) is 10.5. The first kappa shape index (κ1) is 16.7. The first-order valence-electron chi connectivity index (χ1n) is 9.58. The summed E-state index contributed by atoms with van der Waals surface area (Å²) in [5.74, 6) is 1.73. The van der Waals surface area contributed by atoms with Gasteiger partial charge in [-0.1, -0.05) is 11.6 Å². The van der Waals surface area contributed by atoms with Gasteiger partial charge in [0, 0.05) is 36.6 Å². The summed E-state index contributed by atoms with van der Waals surface area (Å²) in [5, 5.41) is 4.21. The molecule has 2 aliphatic rings. The Hall–Kier alpha value is -1.72. The average molecular weight is 340 g/mol. The van der Waals surface area contributed by atoms with Crippen molar-refractivity contribution in [2.45, 2.75) is 44.7 Å². The van der Waals surface area contributed by atoms with Gasteiger partial charge in [-0.05, 0) is 63.9 Å². The molecule has 2 aromatic heterocycles. The molecule has 0 unspecified atom stereocenters. The first-order chi connectivity index (χ1) is 12.3. The molecular formula is C20H28N4O. The third kappa shape index (κ3) is 3.93. The Morgan fingerprint density at radius 1 is 1.16 bits per heavy atom. The molecule has 0 aromatic carbocycles. The molecule has 4 heterocycles. The molecule has 2 atom stereocenters. The summed E-state index contributed by atoms with van der Waals surface area (Å²) in [5.41, 5.74) is 1.94. The third-order valence-electron chi connectivity index (χ3n) is 5.74. The quantitative estimate of drug-likeness (QED) is 0.834. The van der Waals surface area contributed by atoms with Crippen LogP contribution in [0.2, 0.25) is 0 Å². The molecule has 2 saturated heterocycles. The van der Waals surface area contributed by atoms with E-state index in [9.17, 15) is 0 Å². The van der Waals surface area contributed by atoms with E-state index in [0.29, 0.717) is 0 Å². The normalized spacial score (nSPS) is 24.4. The lowest BCUT2D eigenvalue weighted by Crippen LogP contribution is -2.50. The Labute approximate surface area is 150 Å². The molecule has 0 N–H and O–H groups in total. The molecule has 0 bridgehead atoms. The summed E-state index contributed by atoms with van der Waals surface area (Å²) in [6, 6.07) is 6.78. The second-order valence-electron chi connectivity index (χ2n) is 7.61. The molecule has 2 aliphatic heterocycles. The van der Waals surface area contributed by atoms with Crippen LogP contribution >= 0.6 is 0 Å². The molecule has 134 valence electrons. The van der Waals surface area contributed by atoms with E-state index in [4.69, 9.17) is 4.52 Å². The lowest BCUT2D eigenvalue weighted by atomic mass is 9.83. The minimum absolute atomic E-state index is 0.793. The van der Waals surface area contributed by atoms with Gasteiger partial charge >= 0.3 is 0 Å². The predicted octanol–water partition coefficient (Wildman–Crippen LogP) is 3.43. The fourth-order valence-electron chi connectivity index (χ4n) is 4.57. The maximum absolute atomic E-state index is 5.56. The molecular weight excluding hydrogens is 312 g/mol. The highest BCUT2D eigenvalue weighted by molar-refractivity contribution is 5.57. The highest BCUT2D eigenvalue weighted by Crippen LogP contribution is 2.31. The number of rotatable bonds is 5. The molecule has 4 rings (SSSR count). The van der Waals surface area contributed by atoms with Crippen LogP contribution in [-0.2, 0) is 6.54 Å². The maximum atomic E-state index is 5.56. The van der Waals surface area contributed by atoms with Crippen molar-refractivity contribution in [1.82, 2.24) is 19.9 Å². The molecule has 5 heteroatoms. The molecule has 5 nitrogen and oxygen atoms in total. The predicted molar refractivity (Wildman–Crippen MR) is 98.0 cm³/mol. The topological polar surface area (TPSA) is 45.4 Å². The van der Waals surface area contributed by atoms with Gasteiger partial charge < -0.3 is 9.42 Å². The monoisotopic (exact) mass is 340 g/mol. The van der Waals surface area contributed by atoms with Crippen LogP contribution in [0.15, 0.2) is 35.1 Å². The number of hydrogen-bond acceptors (Lipinski definition) is 5. The van der Waals surface area contributed by atoms with Crippen LogP contribution in [-0.4, -0.2) is 52.7 Å². The van der Waals surface area contributed by atoms with E-state index >= 15 is 0 Å². The molecule has 0 spiro atoms. The van der Waals surface area contributed by atoms with E-state index < -0.39 is 0 Å².